The van der Waals surface area contributed by atoms with E-state index in [2.05, 4.69) is 10.2 Å². The summed E-state index contributed by atoms with van der Waals surface area (Å²) in [6.07, 6.45) is 5.07. The minimum Gasteiger partial charge on any atom is -0.481 e. The van der Waals surface area contributed by atoms with E-state index in [1.165, 1.54) is 0 Å². The van der Waals surface area contributed by atoms with Crippen LogP contribution in [0.15, 0.2) is 42.6 Å². The number of aryl methyl sites for hydroxylation is 1. The molecule has 264 valence electrons. The van der Waals surface area contributed by atoms with Gasteiger partial charge in [-0.3, -0.25) is 19.3 Å². The SMILES string of the molecule is CO[C@H]1CN(C(OC2CCC(C(=O)O)CC2)[C@@H]2CCCN2C(=O)Cc2cc(Cl)c(NC(=O)c3cn(C)c4ccccc34)cc2Cl)C[C@H]1OC. The molecule has 6 rings (SSSR count). The monoisotopic (exact) mass is 714 g/mol. The molecule has 2 aliphatic heterocycles. The fraction of sp³-hybridized carbons (Fsp3) is 0.528. The lowest BCUT2D eigenvalue weighted by atomic mass is 9.87. The molecular formula is C36H44Cl2N4O7. The Kier molecular flexibility index (Phi) is 11.2. The van der Waals surface area contributed by atoms with Crippen molar-refractivity contribution in [1.82, 2.24) is 14.4 Å². The van der Waals surface area contributed by atoms with Gasteiger partial charge in [0.15, 0.2) is 0 Å². The fourth-order valence-electron chi connectivity index (χ4n) is 7.69. The minimum atomic E-state index is -0.757. The Hall–Kier alpha value is -3.19. The summed E-state index contributed by atoms with van der Waals surface area (Å²) in [5.74, 6) is -1.51. The second kappa shape index (κ2) is 15.4. The zero-order valence-electron chi connectivity index (χ0n) is 28.1. The molecule has 1 unspecified atom stereocenters. The molecular weight excluding hydrogens is 671 g/mol. The predicted molar refractivity (Wildman–Crippen MR) is 187 cm³/mol. The molecule has 1 saturated carbocycles. The molecule has 1 aromatic heterocycles. The highest BCUT2D eigenvalue weighted by Gasteiger charge is 2.45. The van der Waals surface area contributed by atoms with Crippen LogP contribution in [0.1, 0.15) is 54.4 Å². The zero-order valence-corrected chi connectivity index (χ0v) is 29.6. The average molecular weight is 716 g/mol. The number of amides is 2. The standard InChI is InChI=1S/C36H44Cl2N4O7/c1-40-18-25(24-7-4-5-8-29(24)40)34(44)39-28-17-26(37)22(15-27(28)38)16-33(43)42-14-6-9-30(42)35(41-19-31(47-2)32(20-41)48-3)49-23-12-10-21(11-13-23)36(45)46/h4-5,7-8,15,17-18,21,23,30-32,35H,6,9-14,16,19-20H2,1-3H3,(H,39,44)(H,45,46)/t21?,23?,30-,31-,32+,35?/m0/s1. The van der Waals surface area contributed by atoms with Crippen molar-refractivity contribution in [2.24, 2.45) is 13.0 Å². The summed E-state index contributed by atoms with van der Waals surface area (Å²) in [7, 11) is 5.23. The molecule has 2 aromatic carbocycles. The number of halogens is 2. The van der Waals surface area contributed by atoms with E-state index in [4.69, 9.17) is 37.4 Å². The molecule has 3 fully saturated rings. The van der Waals surface area contributed by atoms with Crippen LogP contribution in [0.2, 0.25) is 10.0 Å². The molecule has 0 bridgehead atoms. The number of benzene rings is 2. The second-order valence-electron chi connectivity index (χ2n) is 13.4. The van der Waals surface area contributed by atoms with E-state index >= 15 is 0 Å². The van der Waals surface area contributed by atoms with E-state index in [1.807, 2.05) is 40.8 Å². The lowest BCUT2D eigenvalue weighted by molar-refractivity contribution is -0.158. The highest BCUT2D eigenvalue weighted by atomic mass is 35.5. The molecule has 3 heterocycles. The Bertz CT molecular complexity index is 1680. The van der Waals surface area contributed by atoms with Gasteiger partial charge in [-0.1, -0.05) is 41.4 Å². The van der Waals surface area contributed by atoms with E-state index in [1.54, 1.807) is 32.5 Å². The summed E-state index contributed by atoms with van der Waals surface area (Å²) in [5, 5.41) is 13.8. The van der Waals surface area contributed by atoms with Crippen LogP contribution in [-0.2, 0) is 37.3 Å². The lowest BCUT2D eigenvalue weighted by Crippen LogP contribution is -2.53. The number of anilines is 1. The highest BCUT2D eigenvalue weighted by molar-refractivity contribution is 6.36. The van der Waals surface area contributed by atoms with Gasteiger partial charge < -0.3 is 34.1 Å². The normalized spacial score (nSPS) is 25.2. The van der Waals surface area contributed by atoms with Gasteiger partial charge in [0.05, 0.1) is 53.0 Å². The first-order chi connectivity index (χ1) is 23.6. The largest absolute Gasteiger partial charge is 0.481 e. The molecule has 4 atom stereocenters. The average Bonchev–Trinajstić information content (AvgIpc) is 3.83. The first kappa shape index (κ1) is 35.6. The number of carbonyl (C=O) groups excluding carboxylic acids is 2. The van der Waals surface area contributed by atoms with Gasteiger partial charge in [-0.2, -0.15) is 0 Å². The highest BCUT2D eigenvalue weighted by Crippen LogP contribution is 2.35. The van der Waals surface area contributed by atoms with E-state index in [0.717, 1.165) is 23.7 Å². The molecule has 1 aliphatic carbocycles. The summed E-state index contributed by atoms with van der Waals surface area (Å²) in [4.78, 5) is 42.9. The van der Waals surface area contributed by atoms with Crippen LogP contribution in [0.3, 0.4) is 0 Å². The van der Waals surface area contributed by atoms with Gasteiger partial charge >= 0.3 is 5.97 Å². The number of nitrogens with zero attached hydrogens (tertiary/aromatic N) is 3. The summed E-state index contributed by atoms with van der Waals surface area (Å²) < 4.78 is 20.1. The number of carboxylic acid groups (broad SMARTS) is 1. The molecule has 2 amide bonds. The summed E-state index contributed by atoms with van der Waals surface area (Å²) in [6, 6.07) is 10.7. The van der Waals surface area contributed by atoms with Crippen LogP contribution >= 0.6 is 23.2 Å². The number of aromatic nitrogens is 1. The Morgan fingerprint density at radius 1 is 0.980 bits per heavy atom. The van der Waals surface area contributed by atoms with E-state index in [0.29, 0.717) is 67.2 Å². The van der Waals surface area contributed by atoms with Gasteiger partial charge in [-0.15, -0.1) is 0 Å². The first-order valence-corrected chi connectivity index (χ1v) is 17.6. The number of carboxylic acids is 1. The molecule has 13 heteroatoms. The number of rotatable bonds is 11. The summed E-state index contributed by atoms with van der Waals surface area (Å²) in [6.45, 7) is 1.76. The number of methoxy groups -OCH3 is 2. The third kappa shape index (κ3) is 7.62. The fourth-order valence-corrected chi connectivity index (χ4v) is 8.15. The molecule has 3 aliphatic rings. The van der Waals surface area contributed by atoms with Gasteiger partial charge in [0.2, 0.25) is 5.91 Å². The number of aliphatic carboxylic acids is 1. The van der Waals surface area contributed by atoms with Gasteiger partial charge in [-0.25, -0.2) is 0 Å². The quantitative estimate of drug-likeness (QED) is 0.263. The van der Waals surface area contributed by atoms with Crippen molar-refractivity contribution in [3.8, 4) is 0 Å². The molecule has 11 nitrogen and oxygen atoms in total. The third-order valence-corrected chi connectivity index (χ3v) is 11.0. The van der Waals surface area contributed by atoms with Gasteiger partial charge in [0.25, 0.3) is 5.91 Å². The maximum atomic E-state index is 14.0. The van der Waals surface area contributed by atoms with E-state index in [9.17, 15) is 19.5 Å². The number of likely N-dealkylation sites (tertiary alicyclic amines) is 2. The maximum absolute atomic E-state index is 14.0. The number of fused-ring (bicyclic) bond motifs is 1. The van der Waals surface area contributed by atoms with Gasteiger partial charge in [0.1, 0.15) is 6.23 Å². The van der Waals surface area contributed by atoms with Crippen LogP contribution in [0.4, 0.5) is 5.69 Å². The second-order valence-corrected chi connectivity index (χ2v) is 14.2. The Balaban J connectivity index is 1.17. The molecule has 0 spiro atoms. The van der Waals surface area contributed by atoms with Crippen molar-refractivity contribution < 1.29 is 33.7 Å². The summed E-state index contributed by atoms with van der Waals surface area (Å²) in [5.41, 5.74) is 2.38. The summed E-state index contributed by atoms with van der Waals surface area (Å²) >= 11 is 13.4. The van der Waals surface area contributed by atoms with E-state index < -0.39 is 12.2 Å². The topological polar surface area (TPSA) is 123 Å². The number of nitrogens with one attached hydrogen (secondary N) is 1. The Morgan fingerprint density at radius 3 is 2.35 bits per heavy atom. The number of carbonyl (C=O) groups is 3. The van der Waals surface area contributed by atoms with Crippen LogP contribution in [0, 0.1) is 5.92 Å². The van der Waals surface area contributed by atoms with Crippen LogP contribution in [-0.4, -0.2) is 102 Å². The first-order valence-electron chi connectivity index (χ1n) is 16.9. The number of hydrogen-bond donors (Lipinski definition) is 2. The van der Waals surface area contributed by atoms with Crippen LogP contribution in [0.25, 0.3) is 10.9 Å². The minimum absolute atomic E-state index is 0.0322. The smallest absolute Gasteiger partial charge is 0.306 e. The van der Waals surface area contributed by atoms with Gasteiger partial charge in [-0.05, 0) is 62.3 Å². The van der Waals surface area contributed by atoms with Gasteiger partial charge in [0, 0.05) is 63.0 Å². The number of ether oxygens (including phenoxy) is 3. The molecule has 2 saturated heterocycles. The molecule has 0 radical (unpaired) electrons. The van der Waals surface area contributed by atoms with Crippen LogP contribution in [0.5, 0.6) is 0 Å². The number of para-hydroxylation sites is 1. The van der Waals surface area contributed by atoms with E-state index in [-0.39, 0.29) is 53.5 Å². The van der Waals surface area contributed by atoms with Crippen molar-refractivity contribution in [3.63, 3.8) is 0 Å². The van der Waals surface area contributed by atoms with Crippen molar-refractivity contribution in [1.29, 1.82) is 0 Å². The Morgan fingerprint density at radius 2 is 1.67 bits per heavy atom. The zero-order chi connectivity index (χ0) is 34.8. The molecule has 49 heavy (non-hydrogen) atoms. The number of hydrogen-bond acceptors (Lipinski definition) is 7. The Labute approximate surface area is 296 Å². The predicted octanol–water partition coefficient (Wildman–Crippen LogP) is 5.60. The molecule has 2 N–H and O–H groups in total. The van der Waals surface area contributed by atoms with Crippen molar-refractivity contribution in [2.45, 2.75) is 75.5 Å². The van der Waals surface area contributed by atoms with Crippen molar-refractivity contribution >= 4 is 57.6 Å². The third-order valence-electron chi connectivity index (χ3n) is 10.4. The lowest BCUT2D eigenvalue weighted by Gasteiger charge is -2.40. The maximum Gasteiger partial charge on any atom is 0.306 e. The van der Waals surface area contributed by atoms with Crippen molar-refractivity contribution in [3.05, 3.63) is 63.8 Å². The van der Waals surface area contributed by atoms with Crippen LogP contribution < -0.4 is 5.32 Å². The molecule has 3 aromatic rings. The van der Waals surface area contributed by atoms with Crippen molar-refractivity contribution in [2.75, 3.05) is 39.2 Å².